The standard InChI is InChI=1S/C21H23N3S/c1-2-7-17(8-3-1)16-24-13-6-11-21(24)22-12-14-25-20-15-23-19-10-5-4-9-18(19)20/h1-5,7-10,15,23H,6,11-14,16H2. The van der Waals surface area contributed by atoms with E-state index in [1.165, 1.54) is 33.6 Å². The molecule has 0 bridgehead atoms. The number of H-pyrrole nitrogens is 1. The summed E-state index contributed by atoms with van der Waals surface area (Å²) in [5.41, 5.74) is 2.58. The third-order valence-corrected chi connectivity index (χ3v) is 5.64. The van der Waals surface area contributed by atoms with Gasteiger partial charge in [0.05, 0.1) is 12.4 Å². The van der Waals surface area contributed by atoms with E-state index >= 15 is 0 Å². The molecule has 1 aromatic heterocycles. The number of amidine groups is 1. The number of aromatic amines is 1. The minimum Gasteiger partial charge on any atom is -0.360 e. The van der Waals surface area contributed by atoms with E-state index in [0.29, 0.717) is 0 Å². The fourth-order valence-electron chi connectivity index (χ4n) is 3.36. The van der Waals surface area contributed by atoms with Crippen LogP contribution in [0.15, 0.2) is 70.7 Å². The molecule has 0 radical (unpaired) electrons. The van der Waals surface area contributed by atoms with E-state index in [0.717, 1.165) is 31.8 Å². The number of para-hydroxylation sites is 1. The highest BCUT2D eigenvalue weighted by Gasteiger charge is 2.18. The number of hydrogen-bond donors (Lipinski definition) is 1. The second-order valence-electron chi connectivity index (χ2n) is 6.36. The van der Waals surface area contributed by atoms with Crippen molar-refractivity contribution in [3.63, 3.8) is 0 Å². The normalized spacial score (nSPS) is 16.2. The van der Waals surface area contributed by atoms with E-state index in [4.69, 9.17) is 4.99 Å². The smallest absolute Gasteiger partial charge is 0.0992 e. The lowest BCUT2D eigenvalue weighted by molar-refractivity contribution is 0.447. The van der Waals surface area contributed by atoms with Gasteiger partial charge in [0.1, 0.15) is 0 Å². The van der Waals surface area contributed by atoms with Crippen molar-refractivity contribution in [1.82, 2.24) is 9.88 Å². The molecule has 1 aliphatic rings. The number of thioether (sulfide) groups is 1. The summed E-state index contributed by atoms with van der Waals surface area (Å²) in [6.07, 6.45) is 4.45. The summed E-state index contributed by atoms with van der Waals surface area (Å²) >= 11 is 1.89. The van der Waals surface area contributed by atoms with E-state index in [-0.39, 0.29) is 0 Å². The van der Waals surface area contributed by atoms with Crippen molar-refractivity contribution in [2.45, 2.75) is 24.3 Å². The summed E-state index contributed by atoms with van der Waals surface area (Å²) < 4.78 is 0. The largest absolute Gasteiger partial charge is 0.360 e. The van der Waals surface area contributed by atoms with Crippen LogP contribution in [0.25, 0.3) is 10.9 Å². The Labute approximate surface area is 153 Å². The summed E-state index contributed by atoms with van der Waals surface area (Å²) in [6, 6.07) is 19.2. The van der Waals surface area contributed by atoms with Gasteiger partial charge < -0.3 is 9.88 Å². The molecule has 0 spiro atoms. The third-order valence-electron chi connectivity index (χ3n) is 4.60. The molecule has 25 heavy (non-hydrogen) atoms. The molecule has 4 rings (SSSR count). The van der Waals surface area contributed by atoms with Crippen LogP contribution in [0.2, 0.25) is 0 Å². The molecule has 1 N–H and O–H groups in total. The fraction of sp³-hybridized carbons (Fsp3) is 0.286. The van der Waals surface area contributed by atoms with Crippen molar-refractivity contribution >= 4 is 28.5 Å². The summed E-state index contributed by atoms with van der Waals surface area (Å²) in [5.74, 6) is 2.30. The van der Waals surface area contributed by atoms with Crippen LogP contribution in [-0.2, 0) is 6.54 Å². The molecule has 1 aliphatic heterocycles. The maximum absolute atomic E-state index is 4.89. The second kappa shape index (κ2) is 7.79. The Morgan fingerprint density at radius 3 is 2.80 bits per heavy atom. The predicted molar refractivity (Wildman–Crippen MR) is 107 cm³/mol. The average molecular weight is 350 g/mol. The molecule has 4 heteroatoms. The minimum atomic E-state index is 0.880. The number of likely N-dealkylation sites (tertiary alicyclic amines) is 1. The quantitative estimate of drug-likeness (QED) is 0.504. The number of nitrogens with zero attached hydrogens (tertiary/aromatic N) is 2. The van der Waals surface area contributed by atoms with Gasteiger partial charge in [-0.25, -0.2) is 0 Å². The number of benzene rings is 2. The number of aromatic nitrogens is 1. The van der Waals surface area contributed by atoms with Gasteiger partial charge in [0.15, 0.2) is 0 Å². The first kappa shape index (κ1) is 16.3. The van der Waals surface area contributed by atoms with Crippen LogP contribution in [0.3, 0.4) is 0 Å². The Hall–Kier alpha value is -2.20. The SMILES string of the molecule is c1ccc(CN2CCCC2=NCCSc2c[nH]c3ccccc23)cc1. The van der Waals surface area contributed by atoms with Crippen LogP contribution >= 0.6 is 11.8 Å². The first-order valence-electron chi connectivity index (χ1n) is 8.91. The van der Waals surface area contributed by atoms with Gasteiger partial charge in [0.25, 0.3) is 0 Å². The van der Waals surface area contributed by atoms with Gasteiger partial charge in [0, 0.05) is 47.3 Å². The van der Waals surface area contributed by atoms with Gasteiger partial charge >= 0.3 is 0 Å². The van der Waals surface area contributed by atoms with Crippen molar-refractivity contribution in [3.8, 4) is 0 Å². The Kier molecular flexibility index (Phi) is 5.07. The number of hydrogen-bond acceptors (Lipinski definition) is 2. The first-order valence-corrected chi connectivity index (χ1v) is 9.90. The molecule has 128 valence electrons. The van der Waals surface area contributed by atoms with E-state index in [9.17, 15) is 0 Å². The summed E-state index contributed by atoms with van der Waals surface area (Å²) in [7, 11) is 0. The molecule has 0 atom stereocenters. The zero-order valence-electron chi connectivity index (χ0n) is 14.3. The van der Waals surface area contributed by atoms with E-state index < -0.39 is 0 Å². The maximum Gasteiger partial charge on any atom is 0.0992 e. The highest BCUT2D eigenvalue weighted by atomic mass is 32.2. The van der Waals surface area contributed by atoms with Crippen LogP contribution in [0.5, 0.6) is 0 Å². The van der Waals surface area contributed by atoms with E-state index in [2.05, 4.69) is 70.7 Å². The Balaban J connectivity index is 1.33. The first-order chi connectivity index (χ1) is 12.4. The van der Waals surface area contributed by atoms with Crippen molar-refractivity contribution < 1.29 is 0 Å². The molecule has 3 nitrogen and oxygen atoms in total. The molecule has 1 fully saturated rings. The molecule has 0 aliphatic carbocycles. The van der Waals surface area contributed by atoms with Crippen molar-refractivity contribution in [3.05, 3.63) is 66.4 Å². The molecular weight excluding hydrogens is 326 g/mol. The minimum absolute atomic E-state index is 0.880. The summed E-state index contributed by atoms with van der Waals surface area (Å²) in [5, 5.41) is 1.31. The van der Waals surface area contributed by atoms with Gasteiger partial charge in [-0.05, 0) is 18.1 Å². The van der Waals surface area contributed by atoms with Crippen molar-refractivity contribution in [2.75, 3.05) is 18.8 Å². The molecule has 0 amide bonds. The molecule has 1 saturated heterocycles. The van der Waals surface area contributed by atoms with Gasteiger partial charge in [-0.15, -0.1) is 11.8 Å². The lowest BCUT2D eigenvalue weighted by atomic mass is 10.2. The van der Waals surface area contributed by atoms with Crippen LogP contribution in [0.1, 0.15) is 18.4 Å². The van der Waals surface area contributed by atoms with Gasteiger partial charge in [-0.1, -0.05) is 48.5 Å². The van der Waals surface area contributed by atoms with Gasteiger partial charge in [0.2, 0.25) is 0 Å². The molecular formula is C21H23N3S. The highest BCUT2D eigenvalue weighted by molar-refractivity contribution is 7.99. The zero-order valence-corrected chi connectivity index (χ0v) is 15.1. The third kappa shape index (κ3) is 3.90. The lowest BCUT2D eigenvalue weighted by Gasteiger charge is -2.19. The molecule has 3 aromatic rings. The maximum atomic E-state index is 4.89. The molecule has 0 saturated carbocycles. The van der Waals surface area contributed by atoms with Crippen LogP contribution in [0.4, 0.5) is 0 Å². The summed E-state index contributed by atoms with van der Waals surface area (Å²) in [6.45, 7) is 2.99. The second-order valence-corrected chi connectivity index (χ2v) is 7.49. The summed E-state index contributed by atoms with van der Waals surface area (Å²) in [4.78, 5) is 12.0. The highest BCUT2D eigenvalue weighted by Crippen LogP contribution is 2.27. The lowest BCUT2D eigenvalue weighted by Crippen LogP contribution is -2.24. The zero-order chi connectivity index (χ0) is 16.9. The van der Waals surface area contributed by atoms with E-state index in [1.807, 2.05) is 11.8 Å². The van der Waals surface area contributed by atoms with Crippen molar-refractivity contribution in [1.29, 1.82) is 0 Å². The molecule has 2 heterocycles. The van der Waals surface area contributed by atoms with Gasteiger partial charge in [-0.3, -0.25) is 4.99 Å². The molecule has 0 unspecified atom stereocenters. The topological polar surface area (TPSA) is 31.4 Å². The number of fused-ring (bicyclic) bond motifs is 1. The predicted octanol–water partition coefficient (Wildman–Crippen LogP) is 4.95. The Morgan fingerprint density at radius 2 is 1.88 bits per heavy atom. The Morgan fingerprint density at radius 1 is 1.04 bits per heavy atom. The van der Waals surface area contributed by atoms with Crippen LogP contribution < -0.4 is 0 Å². The number of nitrogens with one attached hydrogen (secondary N) is 1. The van der Waals surface area contributed by atoms with E-state index in [1.54, 1.807) is 0 Å². The fourth-order valence-corrected chi connectivity index (χ4v) is 4.24. The number of rotatable bonds is 6. The van der Waals surface area contributed by atoms with Crippen LogP contribution in [-0.4, -0.2) is 34.6 Å². The van der Waals surface area contributed by atoms with Gasteiger partial charge in [-0.2, -0.15) is 0 Å². The Bertz CT molecular complexity index is 854. The van der Waals surface area contributed by atoms with Crippen molar-refractivity contribution in [2.24, 2.45) is 4.99 Å². The molecule has 2 aromatic carbocycles. The van der Waals surface area contributed by atoms with Crippen LogP contribution in [0, 0.1) is 0 Å². The average Bonchev–Trinajstić information content (AvgIpc) is 3.27. The monoisotopic (exact) mass is 349 g/mol. The number of aliphatic imine (C=N–C) groups is 1.